The van der Waals surface area contributed by atoms with Crippen LogP contribution < -0.4 is 4.74 Å². The van der Waals surface area contributed by atoms with Gasteiger partial charge in [0.2, 0.25) is 0 Å². The van der Waals surface area contributed by atoms with Crippen LogP contribution in [-0.4, -0.2) is 38.2 Å². The maximum absolute atomic E-state index is 11.9. The van der Waals surface area contributed by atoms with Crippen LogP contribution in [0.3, 0.4) is 0 Å². The molecule has 0 heterocycles. The zero-order valence-electron chi connectivity index (χ0n) is 10.6. The van der Waals surface area contributed by atoms with Crippen LogP contribution in [0.2, 0.25) is 0 Å². The second kappa shape index (κ2) is 7.35. The number of ether oxygens (including phenoxy) is 2. The summed E-state index contributed by atoms with van der Waals surface area (Å²) in [5.74, 6) is 0.355. The van der Waals surface area contributed by atoms with Gasteiger partial charge in [0.15, 0.2) is 0 Å². The lowest BCUT2D eigenvalue weighted by Gasteiger charge is -2.15. The predicted molar refractivity (Wildman–Crippen MR) is 64.1 cm³/mol. The number of benzene rings is 1. The Morgan fingerprint density at radius 2 is 1.84 bits per heavy atom. The lowest BCUT2D eigenvalue weighted by atomic mass is 10.0. The molecule has 0 aliphatic heterocycles. The Hall–Kier alpha value is -1.27. The minimum atomic E-state index is -4.33. The van der Waals surface area contributed by atoms with Crippen molar-refractivity contribution in [3.05, 3.63) is 29.8 Å². The number of alkyl halides is 3. The van der Waals surface area contributed by atoms with E-state index >= 15 is 0 Å². The molecular formula is C13H17F3O3. The largest absolute Gasteiger partial charge is 0.497 e. The van der Waals surface area contributed by atoms with E-state index in [9.17, 15) is 13.2 Å². The molecular weight excluding hydrogens is 261 g/mol. The van der Waals surface area contributed by atoms with Crippen molar-refractivity contribution < 1.29 is 27.8 Å². The van der Waals surface area contributed by atoms with E-state index in [4.69, 9.17) is 9.84 Å². The molecule has 1 N–H and O–H groups in total. The molecule has 0 aliphatic rings. The van der Waals surface area contributed by atoms with E-state index in [1.54, 1.807) is 19.2 Å². The standard InChI is InChI=1S/C13H17F3O3/c1-18-12-4-2-10(3-5-12)6-11(7-17)8-19-9-13(14,15)16/h2-5,11,17H,6-9H2,1H3. The first-order valence-electron chi connectivity index (χ1n) is 5.83. The number of halogens is 3. The first kappa shape index (κ1) is 15.8. The van der Waals surface area contributed by atoms with Crippen molar-refractivity contribution in [2.45, 2.75) is 12.6 Å². The minimum Gasteiger partial charge on any atom is -0.497 e. The lowest BCUT2D eigenvalue weighted by molar-refractivity contribution is -0.177. The SMILES string of the molecule is COc1ccc(CC(CO)COCC(F)(F)F)cc1. The lowest BCUT2D eigenvalue weighted by Crippen LogP contribution is -2.23. The van der Waals surface area contributed by atoms with E-state index < -0.39 is 12.8 Å². The number of aliphatic hydroxyl groups excluding tert-OH is 1. The van der Waals surface area contributed by atoms with Gasteiger partial charge in [-0.1, -0.05) is 12.1 Å². The molecule has 3 nitrogen and oxygen atoms in total. The molecule has 0 aliphatic carbocycles. The summed E-state index contributed by atoms with van der Waals surface area (Å²) >= 11 is 0. The van der Waals surface area contributed by atoms with Gasteiger partial charge in [-0.15, -0.1) is 0 Å². The van der Waals surface area contributed by atoms with E-state index in [2.05, 4.69) is 4.74 Å². The molecule has 0 amide bonds. The summed E-state index contributed by atoms with van der Waals surface area (Å²) in [5.41, 5.74) is 0.912. The fourth-order valence-corrected chi connectivity index (χ4v) is 1.61. The Balaban J connectivity index is 2.42. The number of hydrogen-bond donors (Lipinski definition) is 1. The van der Waals surface area contributed by atoms with E-state index in [1.807, 2.05) is 12.1 Å². The highest BCUT2D eigenvalue weighted by molar-refractivity contribution is 5.27. The van der Waals surface area contributed by atoms with Gasteiger partial charge in [0.25, 0.3) is 0 Å². The van der Waals surface area contributed by atoms with Crippen LogP contribution in [-0.2, 0) is 11.2 Å². The van der Waals surface area contributed by atoms with Crippen LogP contribution in [0.25, 0.3) is 0 Å². The van der Waals surface area contributed by atoms with Crippen molar-refractivity contribution >= 4 is 0 Å². The molecule has 1 rings (SSSR count). The molecule has 1 atom stereocenters. The summed E-state index contributed by atoms with van der Waals surface area (Å²) < 4.78 is 45.3. The van der Waals surface area contributed by atoms with Gasteiger partial charge in [-0.2, -0.15) is 13.2 Å². The molecule has 1 aromatic rings. The van der Waals surface area contributed by atoms with E-state index in [0.29, 0.717) is 12.2 Å². The van der Waals surface area contributed by atoms with Crippen LogP contribution in [0.1, 0.15) is 5.56 Å². The molecule has 0 saturated carbocycles. The maximum Gasteiger partial charge on any atom is 0.411 e. The van der Waals surface area contributed by atoms with Crippen molar-refractivity contribution in [2.75, 3.05) is 26.9 Å². The summed E-state index contributed by atoms with van der Waals surface area (Å²) in [6.07, 6.45) is -3.88. The summed E-state index contributed by atoms with van der Waals surface area (Å²) in [6, 6.07) is 7.15. The molecule has 6 heteroatoms. The molecule has 0 radical (unpaired) electrons. The Morgan fingerprint density at radius 1 is 1.21 bits per heavy atom. The number of rotatable bonds is 7. The number of methoxy groups -OCH3 is 1. The fourth-order valence-electron chi connectivity index (χ4n) is 1.61. The molecule has 0 aromatic heterocycles. The summed E-state index contributed by atoms with van der Waals surface area (Å²) in [5, 5.41) is 9.13. The van der Waals surface area contributed by atoms with Crippen LogP contribution in [0, 0.1) is 5.92 Å². The normalized spacial score (nSPS) is 13.3. The van der Waals surface area contributed by atoms with Crippen molar-refractivity contribution in [1.29, 1.82) is 0 Å². The third kappa shape index (κ3) is 6.45. The topological polar surface area (TPSA) is 38.7 Å². The van der Waals surface area contributed by atoms with Crippen LogP contribution in [0.5, 0.6) is 5.75 Å². The molecule has 108 valence electrons. The van der Waals surface area contributed by atoms with Gasteiger partial charge in [0, 0.05) is 12.5 Å². The summed E-state index contributed by atoms with van der Waals surface area (Å²) in [4.78, 5) is 0. The van der Waals surface area contributed by atoms with Gasteiger partial charge in [-0.25, -0.2) is 0 Å². The monoisotopic (exact) mass is 278 g/mol. The van der Waals surface area contributed by atoms with Gasteiger partial charge in [0.1, 0.15) is 12.4 Å². The van der Waals surface area contributed by atoms with E-state index in [0.717, 1.165) is 5.56 Å². The quantitative estimate of drug-likeness (QED) is 0.832. The van der Waals surface area contributed by atoms with E-state index in [1.165, 1.54) is 0 Å². The zero-order chi connectivity index (χ0) is 14.3. The highest BCUT2D eigenvalue weighted by atomic mass is 19.4. The first-order chi connectivity index (χ1) is 8.94. The molecule has 1 aromatic carbocycles. The Bertz CT molecular complexity index is 362. The average Bonchev–Trinajstić information content (AvgIpc) is 2.37. The maximum atomic E-state index is 11.9. The Labute approximate surface area is 110 Å². The third-order valence-corrected chi connectivity index (χ3v) is 2.56. The smallest absolute Gasteiger partial charge is 0.411 e. The predicted octanol–water partition coefficient (Wildman–Crippen LogP) is 2.43. The summed E-state index contributed by atoms with van der Waals surface area (Å²) in [7, 11) is 1.55. The second-order valence-corrected chi connectivity index (χ2v) is 4.23. The highest BCUT2D eigenvalue weighted by Gasteiger charge is 2.27. The number of aliphatic hydroxyl groups is 1. The van der Waals surface area contributed by atoms with Crippen molar-refractivity contribution in [2.24, 2.45) is 5.92 Å². The fraction of sp³-hybridized carbons (Fsp3) is 0.538. The van der Waals surface area contributed by atoms with E-state index in [-0.39, 0.29) is 19.1 Å². The first-order valence-corrected chi connectivity index (χ1v) is 5.83. The van der Waals surface area contributed by atoms with Crippen LogP contribution in [0.4, 0.5) is 13.2 Å². The minimum absolute atomic E-state index is 0.123. The van der Waals surface area contributed by atoms with Crippen LogP contribution in [0.15, 0.2) is 24.3 Å². The van der Waals surface area contributed by atoms with Gasteiger partial charge >= 0.3 is 6.18 Å². The molecule has 0 bridgehead atoms. The zero-order valence-corrected chi connectivity index (χ0v) is 10.6. The molecule has 0 spiro atoms. The third-order valence-electron chi connectivity index (χ3n) is 2.56. The Morgan fingerprint density at radius 3 is 2.32 bits per heavy atom. The van der Waals surface area contributed by atoms with Crippen molar-refractivity contribution in [3.63, 3.8) is 0 Å². The van der Waals surface area contributed by atoms with Gasteiger partial charge in [-0.05, 0) is 24.1 Å². The molecule has 0 saturated heterocycles. The van der Waals surface area contributed by atoms with Crippen molar-refractivity contribution in [3.8, 4) is 5.75 Å². The van der Waals surface area contributed by atoms with Gasteiger partial charge < -0.3 is 14.6 Å². The average molecular weight is 278 g/mol. The van der Waals surface area contributed by atoms with Gasteiger partial charge in [-0.3, -0.25) is 0 Å². The summed E-state index contributed by atoms with van der Waals surface area (Å²) in [6.45, 7) is -1.63. The number of hydrogen-bond acceptors (Lipinski definition) is 3. The van der Waals surface area contributed by atoms with Crippen LogP contribution >= 0.6 is 0 Å². The highest BCUT2D eigenvalue weighted by Crippen LogP contribution is 2.17. The molecule has 19 heavy (non-hydrogen) atoms. The Kier molecular flexibility index (Phi) is 6.11. The van der Waals surface area contributed by atoms with Gasteiger partial charge in [0.05, 0.1) is 13.7 Å². The second-order valence-electron chi connectivity index (χ2n) is 4.23. The van der Waals surface area contributed by atoms with Crippen molar-refractivity contribution in [1.82, 2.24) is 0 Å². The molecule has 0 fully saturated rings. The molecule has 1 unspecified atom stereocenters.